The van der Waals surface area contributed by atoms with Crippen LogP contribution in [0.2, 0.25) is 0 Å². The molecule has 1 aliphatic carbocycles. The van der Waals surface area contributed by atoms with E-state index in [4.69, 9.17) is 4.74 Å². The fourth-order valence-corrected chi connectivity index (χ4v) is 2.73. The van der Waals surface area contributed by atoms with E-state index >= 15 is 0 Å². The number of methoxy groups -OCH3 is 1. The van der Waals surface area contributed by atoms with Crippen molar-refractivity contribution in [2.45, 2.75) is 44.3 Å². The second kappa shape index (κ2) is 4.94. The van der Waals surface area contributed by atoms with Crippen LogP contribution in [0.15, 0.2) is 12.1 Å². The van der Waals surface area contributed by atoms with Crippen LogP contribution >= 0.6 is 0 Å². The number of aryl methyl sites for hydroxylation is 1. The fraction of sp³-hybridized carbons (Fsp3) is 0.571. The minimum Gasteiger partial charge on any atom is -0.382 e. The summed E-state index contributed by atoms with van der Waals surface area (Å²) in [6.45, 7) is 1.50. The third-order valence-corrected chi connectivity index (χ3v) is 3.83. The molecule has 0 aliphatic heterocycles. The predicted molar refractivity (Wildman–Crippen MR) is 64.3 cm³/mol. The van der Waals surface area contributed by atoms with Crippen LogP contribution in [-0.2, 0) is 10.3 Å². The Hall–Kier alpha value is -1.00. The summed E-state index contributed by atoms with van der Waals surface area (Å²) in [7, 11) is 1.49. The lowest BCUT2D eigenvalue weighted by molar-refractivity contribution is -0.124. The van der Waals surface area contributed by atoms with Gasteiger partial charge in [0.2, 0.25) is 0 Å². The highest BCUT2D eigenvalue weighted by Crippen LogP contribution is 2.40. The molecular formula is C14H18F2O2. The van der Waals surface area contributed by atoms with Crippen molar-refractivity contribution in [2.24, 2.45) is 0 Å². The van der Waals surface area contributed by atoms with Gasteiger partial charge in [0.05, 0.1) is 6.10 Å². The number of rotatable bonds is 2. The molecule has 1 aliphatic rings. The van der Waals surface area contributed by atoms with Crippen molar-refractivity contribution >= 4 is 0 Å². The Bertz CT molecular complexity index is 448. The normalized spacial score (nSPS) is 28.4. The molecule has 4 heteroatoms. The number of halogens is 2. The van der Waals surface area contributed by atoms with Crippen LogP contribution in [0.5, 0.6) is 0 Å². The van der Waals surface area contributed by atoms with Crippen molar-refractivity contribution in [3.63, 3.8) is 0 Å². The second-order valence-electron chi connectivity index (χ2n) is 4.95. The first kappa shape index (κ1) is 13.4. The van der Waals surface area contributed by atoms with Gasteiger partial charge in [-0.15, -0.1) is 0 Å². The van der Waals surface area contributed by atoms with E-state index in [1.165, 1.54) is 26.2 Å². The van der Waals surface area contributed by atoms with Gasteiger partial charge in [0.15, 0.2) is 11.6 Å². The Morgan fingerprint density at radius 1 is 1.28 bits per heavy atom. The monoisotopic (exact) mass is 256 g/mol. The molecule has 100 valence electrons. The SMILES string of the molecule is COC1CCCCC1(O)c1ccc(C)c(F)c1F. The lowest BCUT2D eigenvalue weighted by Crippen LogP contribution is -2.44. The van der Waals surface area contributed by atoms with E-state index in [1.807, 2.05) is 0 Å². The van der Waals surface area contributed by atoms with Gasteiger partial charge in [0, 0.05) is 12.7 Å². The molecule has 0 saturated heterocycles. The summed E-state index contributed by atoms with van der Waals surface area (Å²) in [6.07, 6.45) is 2.28. The van der Waals surface area contributed by atoms with Crippen LogP contribution in [0.25, 0.3) is 0 Å². The van der Waals surface area contributed by atoms with Gasteiger partial charge < -0.3 is 9.84 Å². The summed E-state index contributed by atoms with van der Waals surface area (Å²) in [6, 6.07) is 2.96. The molecule has 1 aromatic carbocycles. The summed E-state index contributed by atoms with van der Waals surface area (Å²) >= 11 is 0. The largest absolute Gasteiger partial charge is 0.382 e. The molecule has 0 heterocycles. The van der Waals surface area contributed by atoms with Gasteiger partial charge in [-0.2, -0.15) is 0 Å². The number of ether oxygens (including phenoxy) is 1. The molecule has 18 heavy (non-hydrogen) atoms. The van der Waals surface area contributed by atoms with Crippen LogP contribution in [0.1, 0.15) is 36.8 Å². The topological polar surface area (TPSA) is 29.5 Å². The van der Waals surface area contributed by atoms with Crippen molar-refractivity contribution in [2.75, 3.05) is 7.11 Å². The minimum atomic E-state index is -1.42. The molecule has 0 bridgehead atoms. The average Bonchev–Trinajstić information content (AvgIpc) is 2.36. The zero-order valence-corrected chi connectivity index (χ0v) is 10.7. The molecule has 0 amide bonds. The first-order valence-corrected chi connectivity index (χ1v) is 6.21. The highest BCUT2D eigenvalue weighted by Gasteiger charge is 2.43. The minimum absolute atomic E-state index is 0.0113. The van der Waals surface area contributed by atoms with Gasteiger partial charge >= 0.3 is 0 Å². The molecule has 2 nitrogen and oxygen atoms in total. The number of hydrogen-bond donors (Lipinski definition) is 1. The second-order valence-corrected chi connectivity index (χ2v) is 4.95. The summed E-state index contributed by atoms with van der Waals surface area (Å²) in [5.41, 5.74) is -1.17. The zero-order chi connectivity index (χ0) is 13.3. The van der Waals surface area contributed by atoms with Gasteiger partial charge in [0.25, 0.3) is 0 Å². The Kier molecular flexibility index (Phi) is 3.69. The Balaban J connectivity index is 2.48. The number of aliphatic hydroxyl groups is 1. The quantitative estimate of drug-likeness (QED) is 0.881. The van der Waals surface area contributed by atoms with E-state index in [0.717, 1.165) is 12.8 Å². The van der Waals surface area contributed by atoms with E-state index in [-0.39, 0.29) is 11.1 Å². The van der Waals surface area contributed by atoms with Gasteiger partial charge in [-0.3, -0.25) is 0 Å². The van der Waals surface area contributed by atoms with Crippen LogP contribution in [-0.4, -0.2) is 18.3 Å². The highest BCUT2D eigenvalue weighted by molar-refractivity contribution is 5.31. The summed E-state index contributed by atoms with van der Waals surface area (Å²) in [4.78, 5) is 0. The van der Waals surface area contributed by atoms with Crippen LogP contribution in [0.3, 0.4) is 0 Å². The van der Waals surface area contributed by atoms with E-state index in [1.54, 1.807) is 0 Å². The van der Waals surface area contributed by atoms with E-state index in [2.05, 4.69) is 0 Å². The summed E-state index contributed by atoms with van der Waals surface area (Å²) < 4.78 is 32.9. The molecule has 1 fully saturated rings. The highest BCUT2D eigenvalue weighted by atomic mass is 19.2. The molecule has 0 spiro atoms. The van der Waals surface area contributed by atoms with Gasteiger partial charge in [-0.25, -0.2) is 8.78 Å². The summed E-state index contributed by atoms with van der Waals surface area (Å²) in [5.74, 6) is -1.84. The molecular weight excluding hydrogens is 238 g/mol. The third-order valence-electron chi connectivity index (χ3n) is 3.83. The first-order chi connectivity index (χ1) is 8.50. The fourth-order valence-electron chi connectivity index (χ4n) is 2.73. The molecule has 0 radical (unpaired) electrons. The first-order valence-electron chi connectivity index (χ1n) is 6.21. The van der Waals surface area contributed by atoms with E-state index in [0.29, 0.717) is 12.8 Å². The molecule has 2 atom stereocenters. The molecule has 0 aromatic heterocycles. The van der Waals surface area contributed by atoms with Crippen molar-refractivity contribution < 1.29 is 18.6 Å². The van der Waals surface area contributed by atoms with Crippen LogP contribution < -0.4 is 0 Å². The van der Waals surface area contributed by atoms with Crippen molar-refractivity contribution in [1.29, 1.82) is 0 Å². The van der Waals surface area contributed by atoms with Gasteiger partial charge in [-0.1, -0.05) is 25.0 Å². The Morgan fingerprint density at radius 3 is 2.67 bits per heavy atom. The third kappa shape index (κ3) is 2.04. The lowest BCUT2D eigenvalue weighted by atomic mass is 9.77. The van der Waals surface area contributed by atoms with Gasteiger partial charge in [-0.05, 0) is 25.3 Å². The summed E-state index contributed by atoms with van der Waals surface area (Å²) in [5, 5.41) is 10.7. The Morgan fingerprint density at radius 2 is 2.00 bits per heavy atom. The predicted octanol–water partition coefficient (Wildman–Crippen LogP) is 3.05. The molecule has 2 rings (SSSR count). The average molecular weight is 256 g/mol. The lowest BCUT2D eigenvalue weighted by Gasteiger charge is -2.39. The standard InChI is InChI=1S/C14H18F2O2/c1-9-6-7-10(13(16)12(9)15)14(17)8-4-3-5-11(14)18-2/h6-7,11,17H,3-5,8H2,1-2H3. The van der Waals surface area contributed by atoms with Crippen LogP contribution in [0.4, 0.5) is 8.78 Å². The smallest absolute Gasteiger partial charge is 0.165 e. The zero-order valence-electron chi connectivity index (χ0n) is 10.7. The number of hydrogen-bond acceptors (Lipinski definition) is 2. The molecule has 2 unspecified atom stereocenters. The Labute approximate surface area is 106 Å². The van der Waals surface area contributed by atoms with Gasteiger partial charge in [0.1, 0.15) is 5.60 Å². The van der Waals surface area contributed by atoms with E-state index < -0.39 is 23.3 Å². The maximum atomic E-state index is 14.0. The van der Waals surface area contributed by atoms with Crippen molar-refractivity contribution in [1.82, 2.24) is 0 Å². The maximum absolute atomic E-state index is 14.0. The molecule has 1 aromatic rings. The molecule has 1 N–H and O–H groups in total. The van der Waals surface area contributed by atoms with Crippen molar-refractivity contribution in [3.8, 4) is 0 Å². The number of benzene rings is 1. The van der Waals surface area contributed by atoms with E-state index in [9.17, 15) is 13.9 Å². The van der Waals surface area contributed by atoms with Crippen LogP contribution in [0, 0.1) is 18.6 Å². The molecule has 1 saturated carbocycles. The van der Waals surface area contributed by atoms with Crippen molar-refractivity contribution in [3.05, 3.63) is 34.9 Å². The maximum Gasteiger partial charge on any atom is 0.165 e.